The first-order chi connectivity index (χ1) is 33.0. The molecule has 0 spiro atoms. The number of anilines is 2. The second-order valence-electron chi connectivity index (χ2n) is 16.9. The standard InChI is InChI=1S/C25H24N6O2.C18H22N4O2.C9H8N2/c1-31(15-18(32)11-16-8-9-23(33-2)28-13-16)25-19-6-3-7-20(19)29-24(30-25)22-12-21-17(14-27-22)5-4-10-26-21;1-12-20-16-6-4-5-15(16)18(21-12)22(2)11-14(23)9-13-7-8-17(24-3)19-10-13;1-7-5-9-8(6-11-7)3-2-4-10-9/h4-5,8-10,12-14H,3,6-7,11,15H2,1-2H3;7-8,10H,4-6,9,11H2,1-3H3;2-6H,1H3. The van der Waals surface area contributed by atoms with Crippen LogP contribution in [0.5, 0.6) is 11.8 Å². The van der Waals surface area contributed by atoms with E-state index in [1.54, 1.807) is 57.3 Å². The van der Waals surface area contributed by atoms with Crippen molar-refractivity contribution in [2.24, 2.45) is 0 Å². The Kier molecular flexibility index (Phi) is 14.8. The second kappa shape index (κ2) is 21.6. The third-order valence-corrected chi connectivity index (χ3v) is 11.6. The molecule has 0 aliphatic heterocycles. The summed E-state index contributed by atoms with van der Waals surface area (Å²) >= 11 is 0. The van der Waals surface area contributed by atoms with E-state index in [9.17, 15) is 9.59 Å². The van der Waals surface area contributed by atoms with Gasteiger partial charge in [-0.05, 0) is 99.9 Å². The fourth-order valence-corrected chi connectivity index (χ4v) is 8.36. The Morgan fingerprint density at radius 2 is 1.10 bits per heavy atom. The number of fused-ring (bicyclic) bond motifs is 4. The molecule has 0 saturated heterocycles. The molecular formula is C52H54N12O4. The first kappa shape index (κ1) is 46.6. The van der Waals surface area contributed by atoms with E-state index in [1.165, 1.54) is 5.56 Å². The summed E-state index contributed by atoms with van der Waals surface area (Å²) in [5, 5.41) is 2.07. The summed E-state index contributed by atoms with van der Waals surface area (Å²) < 4.78 is 10.1. The van der Waals surface area contributed by atoms with E-state index in [2.05, 4.69) is 39.9 Å². The molecule has 2 aliphatic rings. The molecule has 0 N–H and O–H groups in total. The second-order valence-corrected chi connectivity index (χ2v) is 16.9. The molecule has 16 heteroatoms. The minimum absolute atomic E-state index is 0.0874. The molecular weight excluding hydrogens is 857 g/mol. The number of methoxy groups -OCH3 is 2. The fraction of sp³-hybridized carbons (Fsp3) is 0.308. The molecule has 0 unspecified atom stereocenters. The largest absolute Gasteiger partial charge is 0.481 e. The van der Waals surface area contributed by atoms with E-state index in [0.29, 0.717) is 42.7 Å². The number of pyridine rings is 6. The minimum Gasteiger partial charge on any atom is -0.481 e. The van der Waals surface area contributed by atoms with Crippen molar-refractivity contribution in [2.75, 3.05) is 51.2 Å². The fourth-order valence-electron chi connectivity index (χ4n) is 8.36. The average Bonchev–Trinajstić information content (AvgIpc) is 4.04. The minimum atomic E-state index is 0.0874. The van der Waals surface area contributed by atoms with Crippen LogP contribution in [0.4, 0.5) is 11.6 Å². The van der Waals surface area contributed by atoms with Gasteiger partial charge in [0.1, 0.15) is 23.2 Å². The number of ketones is 2. The first-order valence-corrected chi connectivity index (χ1v) is 22.6. The summed E-state index contributed by atoms with van der Waals surface area (Å²) in [7, 11) is 6.97. The van der Waals surface area contributed by atoms with Gasteiger partial charge >= 0.3 is 0 Å². The molecule has 16 nitrogen and oxygen atoms in total. The normalized spacial score (nSPS) is 12.3. The highest BCUT2D eigenvalue weighted by Crippen LogP contribution is 2.32. The Morgan fingerprint density at radius 1 is 0.574 bits per heavy atom. The maximum atomic E-state index is 12.8. The van der Waals surface area contributed by atoms with Crippen LogP contribution in [0.15, 0.2) is 97.8 Å². The van der Waals surface area contributed by atoms with Gasteiger partial charge in [-0.1, -0.05) is 12.1 Å². The molecule has 8 aromatic heterocycles. The van der Waals surface area contributed by atoms with Gasteiger partial charge in [0.25, 0.3) is 0 Å². The van der Waals surface area contributed by atoms with Gasteiger partial charge in [0.05, 0.1) is 38.3 Å². The van der Waals surface area contributed by atoms with Crippen LogP contribution < -0.4 is 19.3 Å². The summed E-state index contributed by atoms with van der Waals surface area (Å²) in [4.78, 5) is 73.5. The van der Waals surface area contributed by atoms with Gasteiger partial charge < -0.3 is 19.3 Å². The lowest BCUT2D eigenvalue weighted by Crippen LogP contribution is -2.28. The van der Waals surface area contributed by atoms with Crippen LogP contribution in [0.3, 0.4) is 0 Å². The summed E-state index contributed by atoms with van der Waals surface area (Å²) in [5.74, 6) is 4.34. The van der Waals surface area contributed by atoms with E-state index in [0.717, 1.165) is 112 Å². The van der Waals surface area contributed by atoms with Crippen LogP contribution in [0.25, 0.3) is 33.3 Å². The molecule has 0 saturated carbocycles. The number of aryl methyl sites for hydroxylation is 4. The molecule has 0 bridgehead atoms. The lowest BCUT2D eigenvalue weighted by molar-refractivity contribution is -0.118. The van der Waals surface area contributed by atoms with Crippen LogP contribution in [0.2, 0.25) is 0 Å². The van der Waals surface area contributed by atoms with E-state index < -0.39 is 0 Å². The van der Waals surface area contributed by atoms with Gasteiger partial charge in [-0.3, -0.25) is 29.5 Å². The maximum absolute atomic E-state index is 12.8. The van der Waals surface area contributed by atoms with Crippen molar-refractivity contribution in [3.8, 4) is 23.3 Å². The van der Waals surface area contributed by atoms with Gasteiger partial charge in [-0.2, -0.15) is 0 Å². The van der Waals surface area contributed by atoms with E-state index in [-0.39, 0.29) is 18.1 Å². The van der Waals surface area contributed by atoms with Crippen molar-refractivity contribution >= 4 is 45.0 Å². The zero-order valence-corrected chi connectivity index (χ0v) is 39.3. The lowest BCUT2D eigenvalue weighted by atomic mass is 10.1. The Bertz CT molecular complexity index is 3060. The molecule has 8 heterocycles. The Morgan fingerprint density at radius 3 is 1.65 bits per heavy atom. The molecule has 0 amide bonds. The number of hydrogen-bond acceptors (Lipinski definition) is 16. The first-order valence-electron chi connectivity index (χ1n) is 22.6. The predicted molar refractivity (Wildman–Crippen MR) is 261 cm³/mol. The van der Waals surface area contributed by atoms with Gasteiger partial charge in [-0.25, -0.2) is 29.9 Å². The van der Waals surface area contributed by atoms with Crippen LogP contribution in [0, 0.1) is 13.8 Å². The molecule has 0 fully saturated rings. The molecule has 68 heavy (non-hydrogen) atoms. The summed E-state index contributed by atoms with van der Waals surface area (Å²) in [6.07, 6.45) is 17.2. The van der Waals surface area contributed by atoms with E-state index in [4.69, 9.17) is 19.4 Å². The number of carbonyl (C=O) groups is 2. The van der Waals surface area contributed by atoms with Crippen molar-refractivity contribution in [3.63, 3.8) is 0 Å². The lowest BCUT2D eigenvalue weighted by Gasteiger charge is -2.21. The van der Waals surface area contributed by atoms with Crippen LogP contribution in [-0.2, 0) is 48.1 Å². The highest BCUT2D eigenvalue weighted by atomic mass is 16.5. The summed E-state index contributed by atoms with van der Waals surface area (Å²) in [5.41, 5.74) is 9.80. The zero-order chi connectivity index (χ0) is 47.6. The van der Waals surface area contributed by atoms with Gasteiger partial charge in [-0.15, -0.1) is 0 Å². The Balaban J connectivity index is 0.000000155. The van der Waals surface area contributed by atoms with Gasteiger partial charge in [0.15, 0.2) is 17.4 Å². The van der Waals surface area contributed by atoms with Crippen LogP contribution in [0.1, 0.15) is 58.0 Å². The van der Waals surface area contributed by atoms with Gasteiger partial charge in [0, 0.05) is 115 Å². The topological polar surface area (TPSA) is 188 Å². The number of likely N-dealkylation sites (N-methyl/N-ethyl adjacent to an activating group) is 2. The average molecular weight is 911 g/mol. The Hall–Kier alpha value is -7.88. The molecule has 0 atom stereocenters. The maximum Gasteiger partial charge on any atom is 0.212 e. The number of rotatable bonds is 13. The molecule has 0 aromatic carbocycles. The molecule has 0 radical (unpaired) electrons. The smallest absolute Gasteiger partial charge is 0.212 e. The molecule has 8 aromatic rings. The molecule has 10 rings (SSSR count). The van der Waals surface area contributed by atoms with Crippen molar-refractivity contribution in [3.05, 3.63) is 143 Å². The third-order valence-electron chi connectivity index (χ3n) is 11.6. The SMILES string of the molecule is COc1ccc(CC(=O)CN(C)c2nc(-c3cc4ncccc4cn3)nc3c2CCC3)cn1.COc1ccc(CC(=O)CN(C)c2nc(C)nc3c2CCC3)cn1.Cc1cc2ncccc2cn1. The van der Waals surface area contributed by atoms with Crippen molar-refractivity contribution in [2.45, 2.75) is 65.2 Å². The van der Waals surface area contributed by atoms with Crippen LogP contribution >= 0.6 is 0 Å². The number of nitrogens with zero attached hydrogens (tertiary/aromatic N) is 12. The number of aromatic nitrogens is 10. The van der Waals surface area contributed by atoms with Crippen molar-refractivity contribution in [1.82, 2.24) is 49.8 Å². The number of hydrogen-bond donors (Lipinski definition) is 0. The van der Waals surface area contributed by atoms with E-state index in [1.807, 2.05) is 92.5 Å². The van der Waals surface area contributed by atoms with Crippen molar-refractivity contribution < 1.29 is 19.1 Å². The quantitative estimate of drug-likeness (QED) is 0.114. The molecule has 2 aliphatic carbocycles. The Labute approximate surface area is 395 Å². The number of Topliss-reactive ketones (excluding diaryl/α,β-unsaturated/α-hetero) is 2. The summed E-state index contributed by atoms with van der Waals surface area (Å²) in [6, 6.07) is 19.0. The highest BCUT2D eigenvalue weighted by Gasteiger charge is 2.25. The van der Waals surface area contributed by atoms with E-state index >= 15 is 0 Å². The predicted octanol–water partition coefficient (Wildman–Crippen LogP) is 7.09. The summed E-state index contributed by atoms with van der Waals surface area (Å²) in [6.45, 7) is 4.45. The molecule has 346 valence electrons. The number of carbonyl (C=O) groups excluding carboxylic acids is 2. The zero-order valence-electron chi connectivity index (χ0n) is 39.3. The highest BCUT2D eigenvalue weighted by molar-refractivity contribution is 5.86. The van der Waals surface area contributed by atoms with Gasteiger partial charge in [0.2, 0.25) is 11.8 Å². The third kappa shape index (κ3) is 11.6. The number of ether oxygens (including phenoxy) is 2. The van der Waals surface area contributed by atoms with Crippen molar-refractivity contribution in [1.29, 1.82) is 0 Å². The monoisotopic (exact) mass is 910 g/mol. The van der Waals surface area contributed by atoms with Crippen LogP contribution in [-0.4, -0.2) is 103 Å².